The van der Waals surface area contributed by atoms with Crippen LogP contribution in [-0.4, -0.2) is 26.3 Å². The summed E-state index contributed by atoms with van der Waals surface area (Å²) < 4.78 is 2.08. The number of allylic oxidation sites excluding steroid dienone is 2. The van der Waals surface area contributed by atoms with Gasteiger partial charge in [0.25, 0.3) is 0 Å². The molecule has 4 rings (SSSR count). The van der Waals surface area contributed by atoms with E-state index in [0.29, 0.717) is 5.13 Å². The van der Waals surface area contributed by atoms with Crippen molar-refractivity contribution in [3.05, 3.63) is 59.9 Å². The van der Waals surface area contributed by atoms with Crippen molar-refractivity contribution in [2.75, 3.05) is 5.32 Å². The van der Waals surface area contributed by atoms with Crippen LogP contribution in [-0.2, 0) is 16.6 Å². The standard InChI is InChI=1S/C21H20N4O2S/c1-13(26)22-21-23-19(17-12-24(3)18-7-5-4-6-16(17)18)20(28-21)15-8-10-25(11-9-15)14(2)27/h4-12,15H,1-3H3,(H,22,23,26). The molecule has 3 heterocycles. The van der Waals surface area contributed by atoms with Gasteiger partial charge in [-0.3, -0.25) is 14.5 Å². The largest absolute Gasteiger partial charge is 0.350 e. The molecule has 2 aromatic heterocycles. The third-order valence-corrected chi connectivity index (χ3v) is 5.73. The molecule has 0 bridgehead atoms. The molecule has 6 nitrogen and oxygen atoms in total. The van der Waals surface area contributed by atoms with Crippen LogP contribution in [0, 0.1) is 0 Å². The topological polar surface area (TPSA) is 67.2 Å². The molecule has 142 valence electrons. The lowest BCUT2D eigenvalue weighted by molar-refractivity contribution is -0.124. The molecular weight excluding hydrogens is 372 g/mol. The molecule has 1 aromatic carbocycles. The van der Waals surface area contributed by atoms with Crippen LogP contribution in [0.4, 0.5) is 5.13 Å². The highest BCUT2D eigenvalue weighted by Gasteiger charge is 2.23. The lowest BCUT2D eigenvalue weighted by atomic mass is 10.0. The number of anilines is 1. The highest BCUT2D eigenvalue weighted by Crippen LogP contribution is 2.41. The molecule has 0 saturated carbocycles. The summed E-state index contributed by atoms with van der Waals surface area (Å²) in [6.07, 6.45) is 9.57. The molecule has 1 aliphatic heterocycles. The summed E-state index contributed by atoms with van der Waals surface area (Å²) in [6.45, 7) is 3.00. The summed E-state index contributed by atoms with van der Waals surface area (Å²) in [5.74, 6) is -0.213. The maximum Gasteiger partial charge on any atom is 0.227 e. The highest BCUT2D eigenvalue weighted by atomic mass is 32.1. The first-order valence-corrected chi connectivity index (χ1v) is 9.74. The second-order valence-corrected chi connectivity index (χ2v) is 7.75. The minimum Gasteiger partial charge on any atom is -0.350 e. The maximum atomic E-state index is 11.6. The van der Waals surface area contributed by atoms with Gasteiger partial charge in [0, 0.05) is 66.8 Å². The molecule has 0 aliphatic carbocycles. The lowest BCUT2D eigenvalue weighted by Crippen LogP contribution is -2.18. The Hall–Kier alpha value is -3.19. The van der Waals surface area contributed by atoms with Crippen molar-refractivity contribution < 1.29 is 9.59 Å². The fourth-order valence-corrected chi connectivity index (χ4v) is 4.44. The number of fused-ring (bicyclic) bond motifs is 1. The molecule has 0 fully saturated rings. The van der Waals surface area contributed by atoms with E-state index >= 15 is 0 Å². The van der Waals surface area contributed by atoms with Crippen LogP contribution in [0.1, 0.15) is 24.6 Å². The molecule has 0 atom stereocenters. The monoisotopic (exact) mass is 392 g/mol. The quantitative estimate of drug-likeness (QED) is 0.725. The van der Waals surface area contributed by atoms with Crippen molar-refractivity contribution in [2.45, 2.75) is 19.8 Å². The molecule has 2 amide bonds. The molecule has 7 heteroatoms. The SMILES string of the molecule is CC(=O)Nc1nc(-c2cn(C)c3ccccc23)c(C2C=CN(C(C)=O)C=C2)s1. The minimum absolute atomic E-state index is 0.0235. The number of amides is 2. The smallest absolute Gasteiger partial charge is 0.227 e. The summed E-state index contributed by atoms with van der Waals surface area (Å²) in [7, 11) is 2.01. The average molecular weight is 392 g/mol. The summed E-state index contributed by atoms with van der Waals surface area (Å²) >= 11 is 1.46. The number of thiazole rings is 1. The molecular formula is C21H20N4O2S. The number of para-hydroxylation sites is 1. The van der Waals surface area contributed by atoms with E-state index in [-0.39, 0.29) is 17.7 Å². The van der Waals surface area contributed by atoms with E-state index in [2.05, 4.69) is 28.2 Å². The first kappa shape index (κ1) is 18.2. The maximum absolute atomic E-state index is 11.6. The average Bonchev–Trinajstić information content (AvgIpc) is 3.23. The number of aromatic nitrogens is 2. The van der Waals surface area contributed by atoms with Gasteiger partial charge in [-0.1, -0.05) is 30.4 Å². The predicted molar refractivity (Wildman–Crippen MR) is 112 cm³/mol. The van der Waals surface area contributed by atoms with Crippen LogP contribution in [0.2, 0.25) is 0 Å². The number of hydrogen-bond acceptors (Lipinski definition) is 4. The van der Waals surface area contributed by atoms with Crippen molar-refractivity contribution in [1.29, 1.82) is 0 Å². The van der Waals surface area contributed by atoms with Gasteiger partial charge in [-0.05, 0) is 6.07 Å². The van der Waals surface area contributed by atoms with E-state index in [1.807, 2.05) is 31.3 Å². The van der Waals surface area contributed by atoms with Gasteiger partial charge in [0.1, 0.15) is 0 Å². The Morgan fingerprint density at radius 1 is 1.14 bits per heavy atom. The van der Waals surface area contributed by atoms with Crippen LogP contribution in [0.15, 0.2) is 55.0 Å². The van der Waals surface area contributed by atoms with Gasteiger partial charge >= 0.3 is 0 Å². The van der Waals surface area contributed by atoms with Gasteiger partial charge in [0.2, 0.25) is 11.8 Å². The summed E-state index contributed by atoms with van der Waals surface area (Å²) in [5.41, 5.74) is 2.99. The zero-order chi connectivity index (χ0) is 19.8. The van der Waals surface area contributed by atoms with Crippen molar-refractivity contribution in [3.63, 3.8) is 0 Å². The zero-order valence-electron chi connectivity index (χ0n) is 15.8. The van der Waals surface area contributed by atoms with Crippen molar-refractivity contribution in [3.8, 4) is 11.3 Å². The normalized spacial score (nSPS) is 14.0. The van der Waals surface area contributed by atoms with E-state index in [1.165, 1.54) is 25.2 Å². The number of aryl methyl sites for hydroxylation is 1. The molecule has 0 unspecified atom stereocenters. The number of rotatable bonds is 3. The molecule has 0 spiro atoms. The number of hydrogen-bond donors (Lipinski definition) is 1. The minimum atomic E-state index is -0.151. The van der Waals surface area contributed by atoms with Crippen LogP contribution in [0.25, 0.3) is 22.2 Å². The van der Waals surface area contributed by atoms with E-state index in [1.54, 1.807) is 17.3 Å². The Balaban J connectivity index is 1.84. The van der Waals surface area contributed by atoms with Gasteiger partial charge in [0.05, 0.1) is 5.69 Å². The second kappa shape index (κ2) is 7.09. The summed E-state index contributed by atoms with van der Waals surface area (Å²) in [6, 6.07) is 8.18. The van der Waals surface area contributed by atoms with Crippen LogP contribution in [0.3, 0.4) is 0 Å². The molecule has 28 heavy (non-hydrogen) atoms. The van der Waals surface area contributed by atoms with Gasteiger partial charge in [-0.2, -0.15) is 0 Å². The molecule has 1 aliphatic rings. The van der Waals surface area contributed by atoms with Crippen LogP contribution >= 0.6 is 11.3 Å². The molecule has 0 radical (unpaired) electrons. The van der Waals surface area contributed by atoms with Crippen molar-refractivity contribution in [2.24, 2.45) is 7.05 Å². The Morgan fingerprint density at radius 2 is 1.86 bits per heavy atom. The van der Waals surface area contributed by atoms with E-state index < -0.39 is 0 Å². The fourth-order valence-electron chi connectivity index (χ4n) is 3.35. The fraction of sp³-hybridized carbons (Fsp3) is 0.190. The van der Waals surface area contributed by atoms with Crippen molar-refractivity contribution in [1.82, 2.24) is 14.5 Å². The van der Waals surface area contributed by atoms with E-state index in [4.69, 9.17) is 4.98 Å². The van der Waals surface area contributed by atoms with Crippen LogP contribution in [0.5, 0.6) is 0 Å². The number of carbonyl (C=O) groups excluding carboxylic acids is 2. The van der Waals surface area contributed by atoms with Gasteiger partial charge < -0.3 is 9.88 Å². The molecule has 3 aromatic rings. The van der Waals surface area contributed by atoms with E-state index in [0.717, 1.165) is 27.0 Å². The Bertz CT molecular complexity index is 1120. The summed E-state index contributed by atoms with van der Waals surface area (Å²) in [4.78, 5) is 30.4. The van der Waals surface area contributed by atoms with Gasteiger partial charge in [-0.15, -0.1) is 11.3 Å². The first-order chi connectivity index (χ1) is 13.4. The second-order valence-electron chi connectivity index (χ2n) is 6.72. The van der Waals surface area contributed by atoms with Gasteiger partial charge in [-0.25, -0.2) is 4.98 Å². The third kappa shape index (κ3) is 3.25. The molecule has 0 saturated heterocycles. The van der Waals surface area contributed by atoms with Crippen molar-refractivity contribution >= 4 is 39.2 Å². The van der Waals surface area contributed by atoms with Gasteiger partial charge in [0.15, 0.2) is 5.13 Å². The number of benzene rings is 1. The summed E-state index contributed by atoms with van der Waals surface area (Å²) in [5, 5.41) is 4.49. The Kier molecular flexibility index (Phi) is 4.60. The Labute approximate surface area is 166 Å². The lowest BCUT2D eigenvalue weighted by Gasteiger charge is -2.18. The number of carbonyl (C=O) groups is 2. The third-order valence-electron chi connectivity index (χ3n) is 4.66. The molecule has 1 N–H and O–H groups in total. The first-order valence-electron chi connectivity index (χ1n) is 8.92. The Morgan fingerprint density at radius 3 is 2.54 bits per heavy atom. The van der Waals surface area contributed by atoms with E-state index in [9.17, 15) is 9.59 Å². The van der Waals surface area contributed by atoms with Crippen LogP contribution < -0.4 is 5.32 Å². The number of nitrogens with one attached hydrogen (secondary N) is 1. The highest BCUT2D eigenvalue weighted by molar-refractivity contribution is 7.16. The predicted octanol–water partition coefficient (Wildman–Crippen LogP) is 4.23. The number of nitrogens with zero attached hydrogens (tertiary/aromatic N) is 3. The zero-order valence-corrected chi connectivity index (χ0v) is 16.7.